The third-order valence-electron chi connectivity index (χ3n) is 3.24. The van der Waals surface area contributed by atoms with Crippen molar-refractivity contribution >= 4 is 11.6 Å². The lowest BCUT2D eigenvalue weighted by molar-refractivity contribution is 0.508. The monoisotopic (exact) mass is 263 g/mol. The molecule has 0 amide bonds. The highest BCUT2D eigenvalue weighted by molar-refractivity contribution is 6.20. The summed E-state index contributed by atoms with van der Waals surface area (Å²) in [6, 6.07) is 8.45. The normalized spacial score (nSPS) is 14.4. The summed E-state index contributed by atoms with van der Waals surface area (Å²) in [4.78, 5) is 4.17. The Bertz CT molecular complexity index is 501. The summed E-state index contributed by atoms with van der Waals surface area (Å²) >= 11 is 5.93. The maximum Gasteiger partial charge on any atom is 0.212 e. The Kier molecular flexibility index (Phi) is 4.07. The van der Waals surface area contributed by atoms with E-state index in [1.807, 2.05) is 6.92 Å². The molecule has 0 aliphatic heterocycles. The molecule has 0 unspecified atom stereocenters. The van der Waals surface area contributed by atoms with Crippen LogP contribution in [0.1, 0.15) is 49.9 Å². The van der Waals surface area contributed by atoms with Gasteiger partial charge in [-0.3, -0.25) is 0 Å². The van der Waals surface area contributed by atoms with Gasteiger partial charge in [-0.15, -0.1) is 11.6 Å². The highest BCUT2D eigenvalue weighted by Gasteiger charge is 2.11. The molecular formula is C15H18ClNO. The third kappa shape index (κ3) is 2.75. The molecule has 2 atom stereocenters. The van der Waals surface area contributed by atoms with Gasteiger partial charge < -0.3 is 4.42 Å². The van der Waals surface area contributed by atoms with Gasteiger partial charge in [0.25, 0.3) is 0 Å². The summed E-state index contributed by atoms with van der Waals surface area (Å²) < 4.78 is 5.61. The van der Waals surface area contributed by atoms with E-state index >= 15 is 0 Å². The molecule has 0 aliphatic carbocycles. The Morgan fingerprint density at radius 1 is 1.22 bits per heavy atom. The van der Waals surface area contributed by atoms with Crippen molar-refractivity contribution in [1.82, 2.24) is 4.98 Å². The van der Waals surface area contributed by atoms with Gasteiger partial charge in [0.1, 0.15) is 5.38 Å². The van der Waals surface area contributed by atoms with Gasteiger partial charge in [-0.05, 0) is 24.8 Å². The summed E-state index contributed by atoms with van der Waals surface area (Å²) in [5.74, 6) is 1.93. The Morgan fingerprint density at radius 3 is 2.39 bits per heavy atom. The van der Waals surface area contributed by atoms with E-state index in [9.17, 15) is 0 Å². The molecule has 1 aromatic heterocycles. The first-order valence-electron chi connectivity index (χ1n) is 6.32. The van der Waals surface area contributed by atoms with Crippen LogP contribution in [0.4, 0.5) is 0 Å². The number of nitrogens with zero attached hydrogens (tertiary/aromatic N) is 1. The average molecular weight is 264 g/mol. The van der Waals surface area contributed by atoms with Gasteiger partial charge in [-0.25, -0.2) is 4.98 Å². The van der Waals surface area contributed by atoms with Crippen molar-refractivity contribution in [2.75, 3.05) is 0 Å². The van der Waals surface area contributed by atoms with E-state index < -0.39 is 0 Å². The van der Waals surface area contributed by atoms with Crippen LogP contribution < -0.4 is 0 Å². The number of aromatic nitrogens is 1. The fraction of sp³-hybridized carbons (Fsp3) is 0.400. The number of benzene rings is 1. The van der Waals surface area contributed by atoms with Crippen LogP contribution in [0.25, 0.3) is 11.3 Å². The van der Waals surface area contributed by atoms with Crippen LogP contribution in [0, 0.1) is 0 Å². The zero-order valence-electron chi connectivity index (χ0n) is 11.0. The molecule has 1 heterocycles. The maximum atomic E-state index is 5.93. The van der Waals surface area contributed by atoms with E-state index in [1.165, 1.54) is 5.56 Å². The lowest BCUT2D eigenvalue weighted by atomic mass is 9.97. The lowest BCUT2D eigenvalue weighted by Gasteiger charge is -2.08. The fourth-order valence-corrected chi connectivity index (χ4v) is 1.92. The van der Waals surface area contributed by atoms with E-state index in [-0.39, 0.29) is 5.38 Å². The van der Waals surface area contributed by atoms with E-state index in [0.29, 0.717) is 11.8 Å². The number of alkyl halides is 1. The van der Waals surface area contributed by atoms with E-state index in [4.69, 9.17) is 16.0 Å². The van der Waals surface area contributed by atoms with Crippen LogP contribution >= 0.6 is 11.6 Å². The molecule has 0 radical (unpaired) electrons. The molecule has 0 fully saturated rings. The molecule has 0 saturated carbocycles. The van der Waals surface area contributed by atoms with Gasteiger partial charge in [0, 0.05) is 5.56 Å². The summed E-state index contributed by atoms with van der Waals surface area (Å²) in [5.41, 5.74) is 2.39. The molecular weight excluding hydrogens is 246 g/mol. The predicted molar refractivity (Wildman–Crippen MR) is 74.9 cm³/mol. The minimum atomic E-state index is -0.196. The Hall–Kier alpha value is -1.28. The molecule has 0 bridgehead atoms. The summed E-state index contributed by atoms with van der Waals surface area (Å²) in [7, 11) is 0. The average Bonchev–Trinajstić information content (AvgIpc) is 2.88. The molecule has 0 aliphatic rings. The molecule has 96 valence electrons. The second kappa shape index (κ2) is 5.57. The van der Waals surface area contributed by atoms with Crippen LogP contribution in [0.5, 0.6) is 0 Å². The van der Waals surface area contributed by atoms with E-state index in [2.05, 4.69) is 43.1 Å². The third-order valence-corrected chi connectivity index (χ3v) is 3.43. The minimum absolute atomic E-state index is 0.196. The highest BCUT2D eigenvalue weighted by atomic mass is 35.5. The smallest absolute Gasteiger partial charge is 0.212 e. The summed E-state index contributed by atoms with van der Waals surface area (Å²) in [5, 5.41) is -0.196. The Balaban J connectivity index is 2.23. The fourth-order valence-electron chi connectivity index (χ4n) is 1.82. The molecule has 2 rings (SSSR count). The number of halogens is 1. The Morgan fingerprint density at radius 2 is 1.89 bits per heavy atom. The van der Waals surface area contributed by atoms with Crippen molar-refractivity contribution in [3.05, 3.63) is 41.9 Å². The second-order valence-electron chi connectivity index (χ2n) is 4.61. The molecule has 0 spiro atoms. The molecule has 18 heavy (non-hydrogen) atoms. The quantitative estimate of drug-likeness (QED) is 0.713. The van der Waals surface area contributed by atoms with Gasteiger partial charge in [-0.2, -0.15) is 0 Å². The maximum absolute atomic E-state index is 5.93. The predicted octanol–water partition coefficient (Wildman–Crippen LogP) is 5.15. The molecule has 0 N–H and O–H groups in total. The Labute approximate surface area is 113 Å². The van der Waals surface area contributed by atoms with Crippen LogP contribution in [-0.4, -0.2) is 4.98 Å². The van der Waals surface area contributed by atoms with Crippen LogP contribution in [0.3, 0.4) is 0 Å². The lowest BCUT2D eigenvalue weighted by Crippen LogP contribution is -1.90. The SMILES string of the molecule is CC[C@H](C)c1ccc(-c2cnc([C@H](C)Cl)o2)cc1. The van der Waals surface area contributed by atoms with Crippen LogP contribution in [-0.2, 0) is 0 Å². The van der Waals surface area contributed by atoms with Crippen molar-refractivity contribution in [2.45, 2.75) is 38.5 Å². The van der Waals surface area contributed by atoms with Crippen LogP contribution in [0.15, 0.2) is 34.9 Å². The van der Waals surface area contributed by atoms with Gasteiger partial charge in [0.2, 0.25) is 5.89 Å². The van der Waals surface area contributed by atoms with Crippen LogP contribution in [0.2, 0.25) is 0 Å². The van der Waals surface area contributed by atoms with Gasteiger partial charge in [-0.1, -0.05) is 38.1 Å². The number of hydrogen-bond acceptors (Lipinski definition) is 2. The molecule has 2 aromatic rings. The molecule has 1 aromatic carbocycles. The van der Waals surface area contributed by atoms with E-state index in [1.54, 1.807) is 6.20 Å². The standard InChI is InChI=1S/C15H18ClNO/c1-4-10(2)12-5-7-13(8-6-12)14-9-17-15(18-14)11(3)16/h5-11H,4H2,1-3H3/t10-,11-/m0/s1. The largest absolute Gasteiger partial charge is 0.439 e. The number of oxazole rings is 1. The number of rotatable bonds is 4. The van der Waals surface area contributed by atoms with Crippen molar-refractivity contribution < 1.29 is 4.42 Å². The first kappa shape index (κ1) is 13.2. The van der Waals surface area contributed by atoms with Crippen molar-refractivity contribution in [3.8, 4) is 11.3 Å². The van der Waals surface area contributed by atoms with Crippen molar-refractivity contribution in [1.29, 1.82) is 0 Å². The van der Waals surface area contributed by atoms with Gasteiger partial charge in [0.15, 0.2) is 5.76 Å². The molecule has 2 nitrogen and oxygen atoms in total. The zero-order valence-corrected chi connectivity index (χ0v) is 11.7. The second-order valence-corrected chi connectivity index (χ2v) is 5.26. The zero-order chi connectivity index (χ0) is 13.1. The highest BCUT2D eigenvalue weighted by Crippen LogP contribution is 2.27. The van der Waals surface area contributed by atoms with E-state index in [0.717, 1.165) is 17.7 Å². The summed E-state index contributed by atoms with van der Waals surface area (Å²) in [6.45, 7) is 6.28. The first-order valence-corrected chi connectivity index (χ1v) is 6.75. The first-order chi connectivity index (χ1) is 8.61. The summed E-state index contributed by atoms with van der Waals surface area (Å²) in [6.07, 6.45) is 2.88. The molecule has 3 heteroatoms. The minimum Gasteiger partial charge on any atom is -0.439 e. The van der Waals surface area contributed by atoms with Crippen molar-refractivity contribution in [3.63, 3.8) is 0 Å². The molecule has 0 saturated heterocycles. The van der Waals surface area contributed by atoms with Gasteiger partial charge in [0.05, 0.1) is 6.20 Å². The topological polar surface area (TPSA) is 26.0 Å². The van der Waals surface area contributed by atoms with Gasteiger partial charge >= 0.3 is 0 Å². The van der Waals surface area contributed by atoms with Crippen molar-refractivity contribution in [2.24, 2.45) is 0 Å². The number of hydrogen-bond donors (Lipinski definition) is 0.